The highest BCUT2D eigenvalue weighted by Crippen LogP contribution is 2.21. The van der Waals surface area contributed by atoms with Crippen LogP contribution in [0, 0.1) is 0 Å². The average molecular weight is 369 g/mol. The first-order chi connectivity index (χ1) is 12.7. The molecule has 0 unspecified atom stereocenters. The molecule has 0 N–H and O–H groups in total. The van der Waals surface area contributed by atoms with E-state index in [0.717, 1.165) is 16.2 Å². The van der Waals surface area contributed by atoms with Gasteiger partial charge in [0.2, 0.25) is 17.6 Å². The van der Waals surface area contributed by atoms with E-state index in [1.54, 1.807) is 35.5 Å². The number of ether oxygens (including phenoxy) is 1. The molecule has 0 bridgehead atoms. The summed E-state index contributed by atoms with van der Waals surface area (Å²) in [6.45, 7) is 2.73. The summed E-state index contributed by atoms with van der Waals surface area (Å²) in [6, 6.07) is 11.4. The van der Waals surface area contributed by atoms with Crippen LogP contribution in [0.4, 0.5) is 0 Å². The monoisotopic (exact) mass is 369 g/mol. The number of benzene rings is 1. The Morgan fingerprint density at radius 3 is 2.77 bits per heavy atom. The number of carbonyl (C=O) groups excluding carboxylic acids is 1. The molecule has 0 radical (unpaired) electrons. The zero-order valence-corrected chi connectivity index (χ0v) is 15.4. The number of carbonyl (C=O) groups is 1. The first-order valence-electron chi connectivity index (χ1n) is 8.17. The van der Waals surface area contributed by atoms with Crippen molar-refractivity contribution in [3.8, 4) is 16.5 Å². The molecule has 1 aromatic carbocycles. The Kier molecular flexibility index (Phi) is 5.80. The predicted octanol–water partition coefficient (Wildman–Crippen LogP) is 3.87. The molecule has 2 aromatic heterocycles. The Labute approximate surface area is 155 Å². The lowest BCUT2D eigenvalue weighted by Gasteiger charge is -2.16. The summed E-state index contributed by atoms with van der Waals surface area (Å²) < 4.78 is 10.4. The second-order valence-electron chi connectivity index (χ2n) is 5.45. The van der Waals surface area contributed by atoms with Gasteiger partial charge in [0.15, 0.2) is 0 Å². The number of thiophene rings is 1. The Morgan fingerprint density at radius 1 is 1.31 bits per heavy atom. The van der Waals surface area contributed by atoms with Crippen molar-refractivity contribution in [2.45, 2.75) is 13.5 Å². The lowest BCUT2D eigenvalue weighted by molar-refractivity contribution is -0.126. The fourth-order valence-electron chi connectivity index (χ4n) is 2.32. The van der Waals surface area contributed by atoms with Gasteiger partial charge in [-0.15, -0.1) is 11.3 Å². The van der Waals surface area contributed by atoms with Crippen molar-refractivity contribution in [1.29, 1.82) is 0 Å². The van der Waals surface area contributed by atoms with Crippen molar-refractivity contribution in [1.82, 2.24) is 15.0 Å². The van der Waals surface area contributed by atoms with Crippen molar-refractivity contribution >= 4 is 23.3 Å². The van der Waals surface area contributed by atoms with Crippen molar-refractivity contribution in [2.24, 2.45) is 0 Å². The molecule has 1 amide bonds. The third-order valence-corrected chi connectivity index (χ3v) is 4.63. The van der Waals surface area contributed by atoms with Gasteiger partial charge in [0.25, 0.3) is 0 Å². The van der Waals surface area contributed by atoms with E-state index in [-0.39, 0.29) is 12.5 Å². The maximum atomic E-state index is 12.4. The lowest BCUT2D eigenvalue weighted by atomic mass is 10.2. The van der Waals surface area contributed by atoms with Gasteiger partial charge in [-0.3, -0.25) is 4.79 Å². The second-order valence-corrected chi connectivity index (χ2v) is 6.40. The molecule has 0 aliphatic rings. The van der Waals surface area contributed by atoms with Crippen LogP contribution in [0.1, 0.15) is 18.4 Å². The molecule has 3 rings (SSSR count). The number of amides is 1. The lowest BCUT2D eigenvalue weighted by Crippen LogP contribution is -2.28. The van der Waals surface area contributed by atoms with Crippen molar-refractivity contribution in [3.05, 3.63) is 59.3 Å². The topological polar surface area (TPSA) is 68.5 Å². The smallest absolute Gasteiger partial charge is 0.247 e. The molecule has 26 heavy (non-hydrogen) atoms. The van der Waals surface area contributed by atoms with Gasteiger partial charge in [-0.2, -0.15) is 4.98 Å². The number of nitrogens with zero attached hydrogens (tertiary/aromatic N) is 3. The van der Waals surface area contributed by atoms with E-state index in [0.29, 0.717) is 18.3 Å². The zero-order chi connectivity index (χ0) is 18.4. The van der Waals surface area contributed by atoms with Gasteiger partial charge >= 0.3 is 0 Å². The first kappa shape index (κ1) is 17.9. The van der Waals surface area contributed by atoms with Crippen LogP contribution >= 0.6 is 11.3 Å². The predicted molar refractivity (Wildman–Crippen MR) is 101 cm³/mol. The first-order valence-corrected chi connectivity index (χ1v) is 9.05. The number of methoxy groups -OCH3 is 1. The minimum absolute atomic E-state index is 0.112. The van der Waals surface area contributed by atoms with E-state index in [9.17, 15) is 4.79 Å². The molecule has 7 heteroatoms. The number of hydrogen-bond donors (Lipinski definition) is 0. The van der Waals surface area contributed by atoms with Crippen LogP contribution in [0.15, 0.2) is 52.4 Å². The second kappa shape index (κ2) is 8.44. The van der Waals surface area contributed by atoms with Gasteiger partial charge in [0, 0.05) is 12.6 Å². The van der Waals surface area contributed by atoms with Crippen molar-refractivity contribution < 1.29 is 14.1 Å². The minimum atomic E-state index is -0.112. The average Bonchev–Trinajstić information content (AvgIpc) is 3.36. The van der Waals surface area contributed by atoms with Crippen LogP contribution in [0.3, 0.4) is 0 Å². The fourth-order valence-corrected chi connectivity index (χ4v) is 2.97. The van der Waals surface area contributed by atoms with Crippen LogP contribution in [0.5, 0.6) is 5.75 Å². The standard InChI is InChI=1S/C19H19N3O3S/c1-3-22(13-17-20-19(21-25-17)16-5-4-12-26-16)18(23)11-8-14-6-9-15(24-2)10-7-14/h4-12H,3,13H2,1-2H3. The maximum absolute atomic E-state index is 12.4. The molecule has 0 aliphatic heterocycles. The summed E-state index contributed by atoms with van der Waals surface area (Å²) in [5.41, 5.74) is 0.924. The summed E-state index contributed by atoms with van der Waals surface area (Å²) in [5.74, 6) is 1.63. The number of hydrogen-bond acceptors (Lipinski definition) is 6. The van der Waals surface area contributed by atoms with E-state index in [1.807, 2.05) is 48.7 Å². The zero-order valence-electron chi connectivity index (χ0n) is 14.6. The fraction of sp³-hybridized carbons (Fsp3) is 0.211. The quantitative estimate of drug-likeness (QED) is 0.592. The summed E-state index contributed by atoms with van der Waals surface area (Å²) in [5, 5.41) is 5.93. The van der Waals surface area contributed by atoms with Crippen LogP contribution in [0.2, 0.25) is 0 Å². The molecule has 0 fully saturated rings. The van der Waals surface area contributed by atoms with Gasteiger partial charge in [-0.05, 0) is 42.1 Å². The van der Waals surface area contributed by atoms with E-state index >= 15 is 0 Å². The van der Waals surface area contributed by atoms with Gasteiger partial charge < -0.3 is 14.2 Å². The van der Waals surface area contributed by atoms with E-state index in [4.69, 9.17) is 9.26 Å². The maximum Gasteiger partial charge on any atom is 0.247 e. The number of rotatable bonds is 7. The Bertz CT molecular complexity index is 870. The highest BCUT2D eigenvalue weighted by Gasteiger charge is 2.15. The van der Waals surface area contributed by atoms with Gasteiger partial charge in [-0.25, -0.2) is 0 Å². The third-order valence-electron chi connectivity index (χ3n) is 3.76. The molecule has 3 aromatic rings. The molecule has 0 atom stereocenters. The Hall–Kier alpha value is -2.93. The highest BCUT2D eigenvalue weighted by molar-refractivity contribution is 7.13. The largest absolute Gasteiger partial charge is 0.497 e. The third kappa shape index (κ3) is 4.37. The molecule has 2 heterocycles. The Morgan fingerprint density at radius 2 is 2.12 bits per heavy atom. The number of aromatic nitrogens is 2. The summed E-state index contributed by atoms with van der Waals surface area (Å²) in [6.07, 6.45) is 3.32. The summed E-state index contributed by atoms with van der Waals surface area (Å²) in [7, 11) is 1.62. The molecular formula is C19H19N3O3S. The van der Waals surface area contributed by atoms with Gasteiger partial charge in [-0.1, -0.05) is 23.4 Å². The van der Waals surface area contributed by atoms with Crippen LogP contribution < -0.4 is 4.74 Å². The van der Waals surface area contributed by atoms with Crippen molar-refractivity contribution in [2.75, 3.05) is 13.7 Å². The van der Waals surface area contributed by atoms with Crippen LogP contribution in [-0.2, 0) is 11.3 Å². The summed E-state index contributed by atoms with van der Waals surface area (Å²) in [4.78, 5) is 19.4. The highest BCUT2D eigenvalue weighted by atomic mass is 32.1. The van der Waals surface area contributed by atoms with E-state index < -0.39 is 0 Å². The molecule has 134 valence electrons. The number of likely N-dealkylation sites (N-methyl/N-ethyl adjacent to an activating group) is 1. The van der Waals surface area contributed by atoms with Crippen LogP contribution in [0.25, 0.3) is 16.8 Å². The van der Waals surface area contributed by atoms with Crippen molar-refractivity contribution in [3.63, 3.8) is 0 Å². The molecule has 0 saturated carbocycles. The normalized spacial score (nSPS) is 11.0. The Balaban J connectivity index is 1.64. The van der Waals surface area contributed by atoms with E-state index in [1.165, 1.54) is 0 Å². The van der Waals surface area contributed by atoms with Gasteiger partial charge in [0.05, 0.1) is 12.0 Å². The molecular weight excluding hydrogens is 350 g/mol. The van der Waals surface area contributed by atoms with E-state index in [2.05, 4.69) is 10.1 Å². The summed E-state index contributed by atoms with van der Waals surface area (Å²) >= 11 is 1.54. The minimum Gasteiger partial charge on any atom is -0.497 e. The van der Waals surface area contributed by atoms with Gasteiger partial charge in [0.1, 0.15) is 12.3 Å². The molecule has 0 spiro atoms. The molecule has 0 saturated heterocycles. The molecule has 6 nitrogen and oxygen atoms in total. The molecule has 0 aliphatic carbocycles. The van der Waals surface area contributed by atoms with Crippen LogP contribution in [-0.4, -0.2) is 34.6 Å². The SMILES string of the molecule is CCN(Cc1nc(-c2cccs2)no1)C(=O)C=Cc1ccc(OC)cc1.